The summed E-state index contributed by atoms with van der Waals surface area (Å²) in [6, 6.07) is 4.01. The average molecular weight is 220 g/mol. The molecule has 1 atom stereocenters. The van der Waals surface area contributed by atoms with Crippen molar-refractivity contribution in [1.82, 2.24) is 9.88 Å². The normalized spacial score (nSPS) is 21.1. The van der Waals surface area contributed by atoms with Crippen LogP contribution >= 0.6 is 0 Å². The van der Waals surface area contributed by atoms with Gasteiger partial charge in [-0.1, -0.05) is 6.92 Å². The molecule has 1 saturated heterocycles. The lowest BCUT2D eigenvalue weighted by Crippen LogP contribution is -2.39. The van der Waals surface area contributed by atoms with E-state index >= 15 is 0 Å². The van der Waals surface area contributed by atoms with Crippen LogP contribution < -0.4 is 0 Å². The Balaban J connectivity index is 1.79. The number of amides is 1. The number of aromatic amines is 1. The van der Waals surface area contributed by atoms with Gasteiger partial charge < -0.3 is 9.88 Å². The van der Waals surface area contributed by atoms with Crippen LogP contribution in [0.1, 0.15) is 31.9 Å². The molecule has 3 heteroatoms. The topological polar surface area (TPSA) is 36.1 Å². The van der Waals surface area contributed by atoms with Gasteiger partial charge in [-0.05, 0) is 37.3 Å². The summed E-state index contributed by atoms with van der Waals surface area (Å²) in [7, 11) is 0. The van der Waals surface area contributed by atoms with Crippen LogP contribution in [0.15, 0.2) is 18.3 Å². The van der Waals surface area contributed by atoms with Crippen LogP contribution in [-0.2, 0) is 11.2 Å². The molecule has 2 rings (SSSR count). The largest absolute Gasteiger partial charge is 0.365 e. The van der Waals surface area contributed by atoms with Crippen molar-refractivity contribution in [3.05, 3.63) is 24.0 Å². The summed E-state index contributed by atoms with van der Waals surface area (Å²) in [5.74, 6) is 0.976. The third kappa shape index (κ3) is 2.87. The van der Waals surface area contributed by atoms with E-state index in [4.69, 9.17) is 0 Å². The van der Waals surface area contributed by atoms with Crippen molar-refractivity contribution in [2.45, 2.75) is 32.6 Å². The number of hydrogen-bond donors (Lipinski definition) is 1. The van der Waals surface area contributed by atoms with Crippen molar-refractivity contribution in [2.75, 3.05) is 13.1 Å². The number of piperidine rings is 1. The Labute approximate surface area is 96.8 Å². The number of rotatable bonds is 3. The maximum absolute atomic E-state index is 12.0. The van der Waals surface area contributed by atoms with E-state index in [0.29, 0.717) is 18.2 Å². The highest BCUT2D eigenvalue weighted by Crippen LogP contribution is 2.16. The lowest BCUT2D eigenvalue weighted by atomic mass is 10.00. The van der Waals surface area contributed by atoms with Crippen LogP contribution in [0.5, 0.6) is 0 Å². The molecule has 0 radical (unpaired) electrons. The van der Waals surface area contributed by atoms with Crippen LogP contribution in [0.4, 0.5) is 0 Å². The van der Waals surface area contributed by atoms with E-state index in [9.17, 15) is 4.79 Å². The van der Waals surface area contributed by atoms with Gasteiger partial charge in [0.15, 0.2) is 0 Å². The number of aromatic nitrogens is 1. The van der Waals surface area contributed by atoms with Gasteiger partial charge in [0, 0.05) is 31.4 Å². The second kappa shape index (κ2) is 5.19. The SMILES string of the molecule is CC1CCCN(C(=O)CCc2ccc[nH]2)C1. The molecule has 1 aliphatic rings. The molecule has 0 saturated carbocycles. The molecule has 2 heterocycles. The van der Waals surface area contributed by atoms with E-state index in [1.807, 2.05) is 23.2 Å². The highest BCUT2D eigenvalue weighted by molar-refractivity contribution is 5.76. The Bertz CT molecular complexity index is 332. The number of H-pyrrole nitrogens is 1. The molecule has 0 aliphatic carbocycles. The fourth-order valence-electron chi connectivity index (χ4n) is 2.34. The zero-order chi connectivity index (χ0) is 11.4. The monoisotopic (exact) mass is 220 g/mol. The summed E-state index contributed by atoms with van der Waals surface area (Å²) >= 11 is 0. The second-order valence-corrected chi connectivity index (χ2v) is 4.78. The van der Waals surface area contributed by atoms with Crippen LogP contribution in [0.2, 0.25) is 0 Å². The molecule has 88 valence electrons. The number of aryl methyl sites for hydroxylation is 1. The predicted octanol–water partition coefficient (Wildman–Crippen LogP) is 2.21. The van der Waals surface area contributed by atoms with E-state index in [1.54, 1.807) is 0 Å². The zero-order valence-electron chi connectivity index (χ0n) is 9.91. The van der Waals surface area contributed by atoms with E-state index < -0.39 is 0 Å². The second-order valence-electron chi connectivity index (χ2n) is 4.78. The van der Waals surface area contributed by atoms with E-state index in [-0.39, 0.29) is 0 Å². The maximum Gasteiger partial charge on any atom is 0.222 e. The summed E-state index contributed by atoms with van der Waals surface area (Å²) in [5.41, 5.74) is 1.15. The van der Waals surface area contributed by atoms with Crippen LogP contribution in [0.25, 0.3) is 0 Å². The third-order valence-electron chi connectivity index (χ3n) is 3.28. The van der Waals surface area contributed by atoms with Crippen LogP contribution in [0, 0.1) is 5.92 Å². The van der Waals surface area contributed by atoms with Crippen LogP contribution in [-0.4, -0.2) is 28.9 Å². The zero-order valence-corrected chi connectivity index (χ0v) is 9.91. The molecule has 16 heavy (non-hydrogen) atoms. The van der Waals surface area contributed by atoms with E-state index in [1.165, 1.54) is 6.42 Å². The summed E-state index contributed by atoms with van der Waals surface area (Å²) in [6.45, 7) is 4.13. The number of hydrogen-bond acceptors (Lipinski definition) is 1. The molecule has 0 bridgehead atoms. The summed E-state index contributed by atoms with van der Waals surface area (Å²) < 4.78 is 0. The molecule has 1 aliphatic heterocycles. The Morgan fingerprint density at radius 2 is 2.50 bits per heavy atom. The average Bonchev–Trinajstić information content (AvgIpc) is 2.78. The minimum atomic E-state index is 0.307. The van der Waals surface area contributed by atoms with Gasteiger partial charge in [-0.15, -0.1) is 0 Å². The number of nitrogens with one attached hydrogen (secondary N) is 1. The molecule has 1 aromatic rings. The first-order valence-corrected chi connectivity index (χ1v) is 6.16. The van der Waals surface area contributed by atoms with Gasteiger partial charge in [-0.3, -0.25) is 4.79 Å². The first kappa shape index (κ1) is 11.2. The molecule has 1 aromatic heterocycles. The van der Waals surface area contributed by atoms with Crippen molar-refractivity contribution in [1.29, 1.82) is 0 Å². The summed E-state index contributed by atoms with van der Waals surface area (Å²) in [4.78, 5) is 17.1. The lowest BCUT2D eigenvalue weighted by Gasteiger charge is -2.31. The van der Waals surface area contributed by atoms with Crippen LogP contribution in [0.3, 0.4) is 0 Å². The molecule has 1 N–H and O–H groups in total. The van der Waals surface area contributed by atoms with Crippen molar-refractivity contribution < 1.29 is 4.79 Å². The quantitative estimate of drug-likeness (QED) is 0.833. The number of carbonyl (C=O) groups is 1. The van der Waals surface area contributed by atoms with Crippen molar-refractivity contribution in [3.8, 4) is 0 Å². The lowest BCUT2D eigenvalue weighted by molar-refractivity contribution is -0.132. The van der Waals surface area contributed by atoms with Crippen molar-refractivity contribution in [3.63, 3.8) is 0 Å². The maximum atomic E-state index is 12.0. The minimum Gasteiger partial charge on any atom is -0.365 e. The van der Waals surface area contributed by atoms with Gasteiger partial charge in [0.2, 0.25) is 5.91 Å². The molecule has 1 fully saturated rings. The summed E-state index contributed by atoms with van der Waals surface area (Å²) in [5, 5.41) is 0. The molecule has 3 nitrogen and oxygen atoms in total. The van der Waals surface area contributed by atoms with Crippen molar-refractivity contribution >= 4 is 5.91 Å². The minimum absolute atomic E-state index is 0.307. The Hall–Kier alpha value is -1.25. The highest BCUT2D eigenvalue weighted by Gasteiger charge is 2.20. The smallest absolute Gasteiger partial charge is 0.222 e. The Kier molecular flexibility index (Phi) is 3.65. The number of likely N-dealkylation sites (tertiary alicyclic amines) is 1. The van der Waals surface area contributed by atoms with E-state index in [0.717, 1.165) is 31.6 Å². The molecule has 1 unspecified atom stereocenters. The number of carbonyl (C=O) groups excluding carboxylic acids is 1. The fourth-order valence-corrected chi connectivity index (χ4v) is 2.34. The molecular formula is C13H20N2O. The predicted molar refractivity (Wildman–Crippen MR) is 64.1 cm³/mol. The molecule has 0 spiro atoms. The van der Waals surface area contributed by atoms with Crippen molar-refractivity contribution in [2.24, 2.45) is 5.92 Å². The fraction of sp³-hybridized carbons (Fsp3) is 0.615. The Morgan fingerprint density at radius 3 is 3.19 bits per heavy atom. The molecule has 0 aromatic carbocycles. The Morgan fingerprint density at radius 1 is 1.62 bits per heavy atom. The van der Waals surface area contributed by atoms with Gasteiger partial charge in [0.1, 0.15) is 0 Å². The van der Waals surface area contributed by atoms with Gasteiger partial charge in [0.25, 0.3) is 0 Å². The van der Waals surface area contributed by atoms with Gasteiger partial charge >= 0.3 is 0 Å². The molecular weight excluding hydrogens is 200 g/mol. The first-order chi connectivity index (χ1) is 7.75. The third-order valence-corrected chi connectivity index (χ3v) is 3.28. The van der Waals surface area contributed by atoms with E-state index in [2.05, 4.69) is 11.9 Å². The number of nitrogens with zero attached hydrogens (tertiary/aromatic N) is 1. The standard InChI is InChI=1S/C13H20N2O/c1-11-4-3-9-15(10-11)13(16)7-6-12-5-2-8-14-12/h2,5,8,11,14H,3-4,6-7,9-10H2,1H3. The summed E-state index contributed by atoms with van der Waals surface area (Å²) in [6.07, 6.45) is 5.79. The molecule has 1 amide bonds. The van der Waals surface area contributed by atoms with Gasteiger partial charge in [-0.25, -0.2) is 0 Å². The first-order valence-electron chi connectivity index (χ1n) is 6.16. The highest BCUT2D eigenvalue weighted by atomic mass is 16.2. The van der Waals surface area contributed by atoms with Gasteiger partial charge in [0.05, 0.1) is 0 Å². The van der Waals surface area contributed by atoms with Gasteiger partial charge in [-0.2, -0.15) is 0 Å².